The second-order valence-electron chi connectivity index (χ2n) is 7.64. The smallest absolute Gasteiger partial charge is 0.339 e. The van der Waals surface area contributed by atoms with Crippen LogP contribution in [0.25, 0.3) is 5.69 Å². The predicted octanol–water partition coefficient (Wildman–Crippen LogP) is 0.839. The van der Waals surface area contributed by atoms with Crippen molar-refractivity contribution in [2.75, 3.05) is 0 Å². The Morgan fingerprint density at radius 3 is 2.68 bits per heavy atom. The second-order valence-corrected chi connectivity index (χ2v) is 8.36. The first kappa shape index (κ1) is 23.4. The molecule has 1 fully saturated rings. The Kier molecular flexibility index (Phi) is 6.65. The Balaban J connectivity index is 1.40. The summed E-state index contributed by atoms with van der Waals surface area (Å²) in [4.78, 5) is 41.1. The lowest BCUT2D eigenvalue weighted by Gasteiger charge is -2.17. The van der Waals surface area contributed by atoms with E-state index in [4.69, 9.17) is 4.74 Å². The largest absolute Gasteiger partial charge is 0.479 e. The van der Waals surface area contributed by atoms with Crippen molar-refractivity contribution < 1.29 is 28.6 Å². The molecule has 1 aliphatic heterocycles. The molecular formula is C21H21FN6O5S. The van der Waals surface area contributed by atoms with Crippen molar-refractivity contribution >= 4 is 29.1 Å². The second kappa shape index (κ2) is 9.65. The van der Waals surface area contributed by atoms with Gasteiger partial charge < -0.3 is 20.5 Å². The van der Waals surface area contributed by atoms with E-state index in [9.17, 15) is 23.9 Å². The minimum Gasteiger partial charge on any atom is -0.479 e. The van der Waals surface area contributed by atoms with E-state index in [2.05, 4.69) is 25.9 Å². The van der Waals surface area contributed by atoms with Crippen LogP contribution in [0.3, 0.4) is 0 Å². The molecule has 3 N–H and O–H groups in total. The van der Waals surface area contributed by atoms with Gasteiger partial charge in [-0.1, -0.05) is 12.1 Å². The lowest BCUT2D eigenvalue weighted by molar-refractivity contribution is -0.143. The Morgan fingerprint density at radius 1 is 1.29 bits per heavy atom. The first-order valence-electron chi connectivity index (χ1n) is 10.4. The third-order valence-electron chi connectivity index (χ3n) is 5.43. The summed E-state index contributed by atoms with van der Waals surface area (Å²) < 4.78 is 19.7. The molecule has 2 amide bonds. The van der Waals surface area contributed by atoms with Crippen molar-refractivity contribution in [3.05, 3.63) is 58.6 Å². The number of carbonyl (C=O) groups is 3. The molecule has 3 heterocycles. The lowest BCUT2D eigenvalue weighted by atomic mass is 10.0. The zero-order valence-electron chi connectivity index (χ0n) is 18.0. The van der Waals surface area contributed by atoms with Gasteiger partial charge in [0.25, 0.3) is 5.91 Å². The molecule has 34 heavy (non-hydrogen) atoms. The van der Waals surface area contributed by atoms with Crippen LogP contribution in [-0.2, 0) is 32.1 Å². The Hall–Kier alpha value is -3.71. The number of ether oxygens (including phenoxy) is 1. The molecule has 3 atom stereocenters. The summed E-state index contributed by atoms with van der Waals surface area (Å²) in [5, 5.41) is 24.3. The van der Waals surface area contributed by atoms with Crippen molar-refractivity contribution in [1.82, 2.24) is 30.6 Å². The number of carboxylic acid groups (broad SMARTS) is 1. The highest BCUT2D eigenvalue weighted by molar-refractivity contribution is 7.07. The maximum atomic E-state index is 13.1. The number of benzene rings is 1. The van der Waals surface area contributed by atoms with Gasteiger partial charge in [-0.2, -0.15) is 0 Å². The number of amides is 2. The fourth-order valence-corrected chi connectivity index (χ4v) is 4.00. The van der Waals surface area contributed by atoms with E-state index in [1.54, 1.807) is 36.1 Å². The fraction of sp³-hybridized carbons (Fsp3) is 0.333. The first-order valence-corrected chi connectivity index (χ1v) is 11.3. The standard InChI is InChI=1S/C21H21FN6O5S/c1-2-21(20(31)32)17(33-21)19(30)25-16(7-13-10-34-11-24-13)18(29)23-8-14-9-28(27-26-14)15-5-3-12(22)4-6-15/h3-6,9-11,16-17H,2,7-8H2,1H3,(H,23,29)(H,25,30)(H,31,32)/t16-,17+,21-/m0/s1. The molecule has 0 bridgehead atoms. The van der Waals surface area contributed by atoms with Gasteiger partial charge in [-0.15, -0.1) is 16.4 Å². The quantitative estimate of drug-likeness (QED) is 0.355. The molecule has 2 aromatic heterocycles. The summed E-state index contributed by atoms with van der Waals surface area (Å²) in [6, 6.07) is 4.67. The molecule has 178 valence electrons. The summed E-state index contributed by atoms with van der Waals surface area (Å²) >= 11 is 1.35. The van der Waals surface area contributed by atoms with Crippen LogP contribution in [0.5, 0.6) is 0 Å². The van der Waals surface area contributed by atoms with Gasteiger partial charge in [0.1, 0.15) is 17.6 Å². The molecule has 0 unspecified atom stereocenters. The Bertz CT molecular complexity index is 1180. The summed E-state index contributed by atoms with van der Waals surface area (Å²) in [6.07, 6.45) is 0.647. The van der Waals surface area contributed by atoms with Gasteiger partial charge in [0, 0.05) is 11.8 Å². The van der Waals surface area contributed by atoms with E-state index >= 15 is 0 Å². The van der Waals surface area contributed by atoms with Gasteiger partial charge in [-0.05, 0) is 30.7 Å². The van der Waals surface area contributed by atoms with Crippen LogP contribution in [0.1, 0.15) is 24.7 Å². The molecule has 0 spiro atoms. The van der Waals surface area contributed by atoms with Gasteiger partial charge in [0.05, 0.1) is 29.6 Å². The van der Waals surface area contributed by atoms with Gasteiger partial charge >= 0.3 is 5.97 Å². The molecule has 4 rings (SSSR count). The first-order chi connectivity index (χ1) is 16.3. The van der Waals surface area contributed by atoms with Crippen molar-refractivity contribution in [3.63, 3.8) is 0 Å². The molecule has 1 saturated heterocycles. The number of carbonyl (C=O) groups excluding carboxylic acids is 2. The van der Waals surface area contributed by atoms with E-state index < -0.39 is 35.5 Å². The fourth-order valence-electron chi connectivity index (χ4n) is 3.43. The number of halogens is 1. The molecule has 3 aromatic rings. The molecule has 0 aliphatic carbocycles. The number of aromatic nitrogens is 4. The van der Waals surface area contributed by atoms with Gasteiger partial charge in [0.15, 0.2) is 6.10 Å². The van der Waals surface area contributed by atoms with Crippen LogP contribution in [0, 0.1) is 5.82 Å². The Labute approximate surface area is 197 Å². The molecule has 1 aromatic carbocycles. The average molecular weight is 489 g/mol. The minimum absolute atomic E-state index is 0.0252. The van der Waals surface area contributed by atoms with Crippen molar-refractivity contribution in [3.8, 4) is 5.69 Å². The summed E-state index contributed by atoms with van der Waals surface area (Å²) in [6.45, 7) is 1.64. The monoisotopic (exact) mass is 488 g/mol. The highest BCUT2D eigenvalue weighted by Gasteiger charge is 2.65. The van der Waals surface area contributed by atoms with Crippen LogP contribution in [0.2, 0.25) is 0 Å². The van der Waals surface area contributed by atoms with Crippen molar-refractivity contribution in [2.24, 2.45) is 0 Å². The highest BCUT2D eigenvalue weighted by atomic mass is 32.1. The summed E-state index contributed by atoms with van der Waals surface area (Å²) in [7, 11) is 0. The third-order valence-corrected chi connectivity index (χ3v) is 6.06. The number of rotatable bonds is 10. The zero-order valence-corrected chi connectivity index (χ0v) is 18.8. The van der Waals surface area contributed by atoms with E-state index in [0.717, 1.165) is 0 Å². The van der Waals surface area contributed by atoms with Gasteiger partial charge in [-0.3, -0.25) is 9.59 Å². The molecule has 0 saturated carbocycles. The minimum atomic E-state index is -1.56. The number of carboxylic acids is 1. The molecule has 13 heteroatoms. The number of thiazole rings is 1. The number of epoxide rings is 1. The van der Waals surface area contributed by atoms with Crippen LogP contribution in [-0.4, -0.2) is 60.6 Å². The van der Waals surface area contributed by atoms with Crippen LogP contribution >= 0.6 is 11.3 Å². The number of aliphatic carboxylic acids is 1. The summed E-state index contributed by atoms with van der Waals surface area (Å²) in [5.41, 5.74) is 1.69. The maximum Gasteiger partial charge on any atom is 0.339 e. The van der Waals surface area contributed by atoms with Crippen LogP contribution in [0.15, 0.2) is 41.4 Å². The number of hydrogen-bond acceptors (Lipinski definition) is 8. The average Bonchev–Trinajstić information content (AvgIpc) is 3.11. The van der Waals surface area contributed by atoms with Gasteiger partial charge in [-0.25, -0.2) is 18.9 Å². The lowest BCUT2D eigenvalue weighted by Crippen LogP contribution is -2.50. The van der Waals surface area contributed by atoms with Crippen molar-refractivity contribution in [2.45, 2.75) is 44.1 Å². The number of nitrogens with zero attached hydrogens (tertiary/aromatic N) is 4. The van der Waals surface area contributed by atoms with E-state index in [-0.39, 0.29) is 25.2 Å². The Morgan fingerprint density at radius 2 is 2.06 bits per heavy atom. The van der Waals surface area contributed by atoms with Crippen molar-refractivity contribution in [1.29, 1.82) is 0 Å². The number of hydrogen-bond donors (Lipinski definition) is 3. The molecule has 11 nitrogen and oxygen atoms in total. The molecular weight excluding hydrogens is 467 g/mol. The SMILES string of the molecule is CC[C@]1(C(=O)O)O[C@@H]1C(=O)N[C@@H](Cc1cscn1)C(=O)NCc1cn(-c2ccc(F)cc2)nn1. The van der Waals surface area contributed by atoms with Crippen LogP contribution in [0.4, 0.5) is 4.39 Å². The summed E-state index contributed by atoms with van der Waals surface area (Å²) in [5.74, 6) is -2.78. The maximum absolute atomic E-state index is 13.1. The van der Waals surface area contributed by atoms with E-state index in [1.165, 1.54) is 28.2 Å². The predicted molar refractivity (Wildman–Crippen MR) is 116 cm³/mol. The number of nitrogens with one attached hydrogen (secondary N) is 2. The van der Waals surface area contributed by atoms with E-state index in [1.807, 2.05) is 0 Å². The highest BCUT2D eigenvalue weighted by Crippen LogP contribution is 2.40. The van der Waals surface area contributed by atoms with E-state index in [0.29, 0.717) is 17.1 Å². The topological polar surface area (TPSA) is 152 Å². The van der Waals surface area contributed by atoms with Crippen LogP contribution < -0.4 is 10.6 Å². The molecule has 0 radical (unpaired) electrons. The zero-order chi connectivity index (χ0) is 24.3. The van der Waals surface area contributed by atoms with Gasteiger partial charge in [0.2, 0.25) is 11.5 Å². The molecule has 1 aliphatic rings. The normalized spacial score (nSPS) is 19.9. The third kappa shape index (κ3) is 4.94.